The van der Waals surface area contributed by atoms with Crippen LogP contribution in [0.1, 0.15) is 485 Å². The zero-order valence-corrected chi connectivity index (χ0v) is 93.7. The molecule has 8 atom stereocenters. The zero-order valence-electron chi connectivity index (χ0n) is 93.7. The highest BCUT2D eigenvalue weighted by Gasteiger charge is 2.64. The fraction of sp³-hybridized carbons (Fsp3) is 1.00. The lowest BCUT2D eigenvalue weighted by Crippen LogP contribution is -2.48. The molecular formula is C106H202F30. The van der Waals surface area contributed by atoms with Crippen molar-refractivity contribution in [3.8, 4) is 0 Å². The Bertz CT molecular complexity index is 2870. The van der Waals surface area contributed by atoms with Crippen molar-refractivity contribution in [1.82, 2.24) is 0 Å². The van der Waals surface area contributed by atoms with E-state index in [1.165, 1.54) is 69.2 Å². The molecule has 0 unspecified atom stereocenters. The number of hydrogen-bond donors (Lipinski definition) is 0. The molecule has 0 N–H and O–H groups in total. The highest BCUT2D eigenvalue weighted by molar-refractivity contribution is 4.99. The van der Waals surface area contributed by atoms with Gasteiger partial charge in [0.1, 0.15) is 0 Å². The normalized spacial score (nSPS) is 16.9. The Hall–Kier alpha value is -2.10. The van der Waals surface area contributed by atoms with E-state index in [2.05, 4.69) is 0 Å². The maximum atomic E-state index is 13.3. The van der Waals surface area contributed by atoms with Crippen molar-refractivity contribution < 1.29 is 132 Å². The highest BCUT2D eigenvalue weighted by Crippen LogP contribution is 2.61. The summed E-state index contributed by atoms with van der Waals surface area (Å²) in [7, 11) is 0. The second-order valence-electron chi connectivity index (χ2n) is 43.5. The minimum absolute atomic E-state index is 0.0524. The van der Waals surface area contributed by atoms with Crippen molar-refractivity contribution in [2.24, 2.45) is 136 Å². The third-order valence-corrected chi connectivity index (χ3v) is 33.4. The first-order valence-corrected chi connectivity index (χ1v) is 50.9. The summed E-state index contributed by atoms with van der Waals surface area (Å²) in [5.74, 6) is -2.32. The van der Waals surface area contributed by atoms with E-state index >= 15 is 0 Å². The summed E-state index contributed by atoms with van der Waals surface area (Å²) in [6.07, 6.45) is -29.5. The molecule has 0 saturated heterocycles. The van der Waals surface area contributed by atoms with Gasteiger partial charge in [-0.2, -0.15) is 132 Å². The van der Waals surface area contributed by atoms with Crippen LogP contribution < -0.4 is 0 Å². The number of halogens is 30. The van der Waals surface area contributed by atoms with Gasteiger partial charge in [-0.05, 0) is 172 Å². The maximum Gasteiger partial charge on any atom is 0.394 e. The van der Waals surface area contributed by atoms with Gasteiger partial charge in [0.2, 0.25) is 0 Å². The van der Waals surface area contributed by atoms with Crippen LogP contribution in [0.2, 0.25) is 0 Å². The molecule has 0 nitrogen and oxygen atoms in total. The predicted octanol–water partition coefficient (Wildman–Crippen LogP) is 45.8. The van der Waals surface area contributed by atoms with Crippen LogP contribution in [0.25, 0.3) is 0 Å². The highest BCUT2D eigenvalue weighted by atomic mass is 19.4. The molecule has 0 aromatic heterocycles. The molecule has 0 aromatic carbocycles. The van der Waals surface area contributed by atoms with Gasteiger partial charge in [-0.3, -0.25) is 0 Å². The van der Waals surface area contributed by atoms with Crippen LogP contribution in [-0.4, -0.2) is 61.8 Å². The molecule has 0 spiro atoms. The molecule has 0 aromatic rings. The van der Waals surface area contributed by atoms with E-state index in [0.717, 1.165) is 0 Å². The van der Waals surface area contributed by atoms with Crippen molar-refractivity contribution in [3.05, 3.63) is 0 Å². The molecule has 0 saturated carbocycles. The van der Waals surface area contributed by atoms with Crippen LogP contribution in [-0.2, 0) is 0 Å². The van der Waals surface area contributed by atoms with E-state index in [4.69, 9.17) is 0 Å². The zero-order chi connectivity index (χ0) is 112. The molecule has 0 bridgehead atoms. The van der Waals surface area contributed by atoms with Crippen molar-refractivity contribution in [2.45, 2.75) is 547 Å². The first-order chi connectivity index (χ1) is 60.3. The van der Waals surface area contributed by atoms with Gasteiger partial charge < -0.3 is 0 Å². The molecule has 136 heavy (non-hydrogen) atoms. The molecule has 0 radical (unpaired) electrons. The van der Waals surface area contributed by atoms with Crippen LogP contribution in [0, 0.1) is 136 Å². The van der Waals surface area contributed by atoms with Crippen LogP contribution in [0.15, 0.2) is 0 Å². The molecule has 0 rings (SSSR count). The van der Waals surface area contributed by atoms with E-state index in [1.807, 2.05) is 145 Å². The molecule has 0 aliphatic heterocycles. The third kappa shape index (κ3) is 42.8. The van der Waals surface area contributed by atoms with Gasteiger partial charge in [0.25, 0.3) is 0 Å². The summed E-state index contributed by atoms with van der Waals surface area (Å²) in [6, 6.07) is 0. The monoisotopic (exact) mass is 2050 g/mol. The molecule has 0 fully saturated rings. The Balaban J connectivity index is -0.000000162. The minimum Gasteiger partial charge on any atom is -0.171 e. The van der Waals surface area contributed by atoms with Gasteiger partial charge in [-0.1, -0.05) is 396 Å². The second-order valence-corrected chi connectivity index (χ2v) is 43.5. The summed E-state index contributed by atoms with van der Waals surface area (Å²) in [5.41, 5.74) is -16.6. The van der Waals surface area contributed by atoms with Gasteiger partial charge in [0, 0.05) is 0 Å². The molecule has 0 aliphatic carbocycles. The van der Waals surface area contributed by atoms with Crippen LogP contribution in [0.5, 0.6) is 0 Å². The molecule has 0 amide bonds. The van der Waals surface area contributed by atoms with Crippen molar-refractivity contribution in [1.29, 1.82) is 0 Å². The Morgan fingerprint density at radius 3 is 0.485 bits per heavy atom. The lowest BCUT2D eigenvalue weighted by atomic mass is 9.60. The third-order valence-electron chi connectivity index (χ3n) is 33.4. The largest absolute Gasteiger partial charge is 0.394 e. The molecular weight excluding hydrogens is 1840 g/mol. The smallest absolute Gasteiger partial charge is 0.171 e. The Morgan fingerprint density at radius 1 is 0.162 bits per heavy atom. The summed E-state index contributed by atoms with van der Waals surface area (Å²) in [4.78, 5) is 0. The molecule has 0 aliphatic rings. The molecule has 0 heterocycles. The van der Waals surface area contributed by atoms with E-state index < -0.39 is 127 Å². The summed E-state index contributed by atoms with van der Waals surface area (Å²) < 4.78 is 385. The van der Waals surface area contributed by atoms with Crippen LogP contribution >= 0.6 is 0 Å². The van der Waals surface area contributed by atoms with Crippen LogP contribution in [0.4, 0.5) is 132 Å². The van der Waals surface area contributed by atoms with Gasteiger partial charge in [-0.15, -0.1) is 0 Å². The minimum atomic E-state index is -4.11. The standard InChI is InChI=1S/C13H25F3.2C12H23F3.3C11H21F3.C10H19F3.2C9H17F3.C8H15F3/c1-7-8-12(6,13(14,15)16)11(9(2)3)10(4)5;1-7-11(6,12(13,14)15)10(8(2)3)9(4)5;1-6-9-11(5,12(13,14)15)10(4,7-2)8-3;1-6-9(4,7-2)10(5,8-3)11(12,13)14;1-6-9(7-2)10(5,8(3)4)11(12,13)14;1-5-8-10(4,11(12,13)14)9(6-2)7-3;1-5-8(6-2)9(4,7-3)10(11,12)13;1-6(2)8(5,7(3)4)9(10,11)12;1-4-6-8(3,7-5-2)9(10,11)12;1-4-6-7(3,5-2)8(9,10)11/h9-11H,7-8H2,1-6H3;8-10H,7H2,1-6H3;6-9H2,1-5H3;6-8H2,1-5H3;8-9H,6-7H2,1-5H3;9H,5-8H2,1-4H3;8H,5-7H2,1-4H3;6-7H,1-5H3;4-7H2,1-3H3;4-6H2,1-3H3/t12-;2*11-;3*10-;9-;;;7-/m0000000..0/s1. The maximum absolute atomic E-state index is 13.3. The van der Waals surface area contributed by atoms with Gasteiger partial charge >= 0.3 is 61.8 Å². The van der Waals surface area contributed by atoms with Crippen molar-refractivity contribution in [2.75, 3.05) is 0 Å². The average Bonchev–Trinajstić information content (AvgIpc) is 0.780. The van der Waals surface area contributed by atoms with Crippen LogP contribution in [0.3, 0.4) is 0 Å². The van der Waals surface area contributed by atoms with E-state index in [-0.39, 0.29) is 135 Å². The van der Waals surface area contributed by atoms with E-state index in [1.54, 1.807) is 104 Å². The number of rotatable bonds is 40. The first kappa shape index (κ1) is 154. The number of hydrogen-bond acceptors (Lipinski definition) is 0. The van der Waals surface area contributed by atoms with E-state index in [9.17, 15) is 132 Å². The van der Waals surface area contributed by atoms with Gasteiger partial charge in [0.15, 0.2) is 0 Å². The number of alkyl halides is 30. The topological polar surface area (TPSA) is 0 Å². The fourth-order valence-electron chi connectivity index (χ4n) is 20.7. The quantitative estimate of drug-likeness (QED) is 0.0537. The van der Waals surface area contributed by atoms with Gasteiger partial charge in [0.05, 0.1) is 54.1 Å². The molecule has 30 heteroatoms. The van der Waals surface area contributed by atoms with Crippen molar-refractivity contribution in [3.63, 3.8) is 0 Å². The van der Waals surface area contributed by atoms with E-state index in [0.29, 0.717) is 103 Å². The second kappa shape index (κ2) is 62.8. The first-order valence-electron chi connectivity index (χ1n) is 50.9. The lowest BCUT2D eigenvalue weighted by molar-refractivity contribution is -0.261. The summed E-state index contributed by atoms with van der Waals surface area (Å²) >= 11 is 0. The molecule has 836 valence electrons. The predicted molar refractivity (Wildman–Crippen MR) is 513 cm³/mol. The fourth-order valence-corrected chi connectivity index (χ4v) is 20.7. The van der Waals surface area contributed by atoms with Gasteiger partial charge in [-0.25, -0.2) is 0 Å². The SMILES string of the molecule is CC(C)C(C)(C(C)C)C(F)(F)F.CCC(C)(CC)[C@](C)(CC)C(F)(F)F.CCC(CC)[C@](C)(C(C)C)C(F)(F)F.CCC(CC)[C@](C)(CC)C(F)(F)F.CCCC(C)(CCC)C(F)(F)F.CCC[C@@](C)(C(C(C)C)C(C)C)C(F)(F)F.CCC[C@@](C)(C(CC)CC)C(F)(F)F.CCC[C@](C)(C(F)(F)F)C(C)(CC)CC.CCC[C@](C)(CC)C(F)(F)F.CC[C@@](C)(C(C(C)C)C(C)C)C(F)(F)F. The summed E-state index contributed by atoms with van der Waals surface area (Å²) in [6.45, 7) is 77.5. The summed E-state index contributed by atoms with van der Waals surface area (Å²) in [5, 5.41) is 0. The Morgan fingerprint density at radius 2 is 0.368 bits per heavy atom. The van der Waals surface area contributed by atoms with Crippen molar-refractivity contribution >= 4 is 0 Å². The Kier molecular flexibility index (Phi) is 71.1. The Labute approximate surface area is 811 Å². The lowest BCUT2D eigenvalue weighted by Gasteiger charge is -2.47. The average molecular weight is 2050 g/mol.